The van der Waals surface area contributed by atoms with Gasteiger partial charge in [0.25, 0.3) is 0 Å². The van der Waals surface area contributed by atoms with E-state index in [1.807, 2.05) is 13.8 Å². The summed E-state index contributed by atoms with van der Waals surface area (Å²) < 4.78 is 22.0. The summed E-state index contributed by atoms with van der Waals surface area (Å²) in [4.78, 5) is 12.2. The monoisotopic (exact) mass is 462 g/mol. The molecule has 6 N–H and O–H groups in total. The second kappa shape index (κ2) is 9.90. The summed E-state index contributed by atoms with van der Waals surface area (Å²) >= 11 is 0. The van der Waals surface area contributed by atoms with Crippen molar-refractivity contribution < 1.29 is 54.4 Å². The van der Waals surface area contributed by atoms with E-state index >= 15 is 0 Å². The number of ether oxygens (including phenoxy) is 4. The van der Waals surface area contributed by atoms with Gasteiger partial charge in [-0.1, -0.05) is 13.8 Å². The normalized spacial score (nSPS) is 44.1. The van der Waals surface area contributed by atoms with Gasteiger partial charge in [0, 0.05) is 12.3 Å². The highest BCUT2D eigenvalue weighted by molar-refractivity contribution is 5.69. The van der Waals surface area contributed by atoms with Crippen molar-refractivity contribution in [3.63, 3.8) is 0 Å². The molecule has 11 nitrogen and oxygen atoms in total. The third-order valence-corrected chi connectivity index (χ3v) is 6.47. The Hall–Kier alpha value is -1.31. The van der Waals surface area contributed by atoms with Crippen molar-refractivity contribution in [3.05, 3.63) is 11.8 Å². The summed E-state index contributed by atoms with van der Waals surface area (Å²) in [6, 6.07) is 0. The van der Waals surface area contributed by atoms with Crippen LogP contribution in [-0.4, -0.2) is 98.5 Å². The van der Waals surface area contributed by atoms with Gasteiger partial charge in [0.1, 0.15) is 24.4 Å². The topological polar surface area (TPSA) is 175 Å². The number of rotatable bonds is 7. The molecule has 1 saturated carbocycles. The third-order valence-electron chi connectivity index (χ3n) is 6.47. The quantitative estimate of drug-likeness (QED) is 0.240. The van der Waals surface area contributed by atoms with Gasteiger partial charge in [-0.25, -0.2) is 0 Å². The first-order chi connectivity index (χ1) is 15.0. The van der Waals surface area contributed by atoms with Gasteiger partial charge < -0.3 is 49.6 Å². The van der Waals surface area contributed by atoms with Crippen molar-refractivity contribution in [1.82, 2.24) is 0 Å². The Morgan fingerprint density at radius 1 is 1.19 bits per heavy atom. The van der Waals surface area contributed by atoms with Crippen LogP contribution >= 0.6 is 0 Å². The highest BCUT2D eigenvalue weighted by Gasteiger charge is 2.58. The van der Waals surface area contributed by atoms with E-state index in [-0.39, 0.29) is 25.4 Å². The van der Waals surface area contributed by atoms with E-state index in [4.69, 9.17) is 18.9 Å². The zero-order chi connectivity index (χ0) is 23.8. The smallest absolute Gasteiger partial charge is 0.309 e. The fourth-order valence-corrected chi connectivity index (χ4v) is 4.57. The lowest BCUT2D eigenvalue weighted by atomic mass is 9.81. The summed E-state index contributed by atoms with van der Waals surface area (Å²) in [5.41, 5.74) is -1.06. The standard InChI is InChI=1S/C21H34O11/c1-9(2)4-14(24)32-19-15-11(5-13(23)21(15,3)28)10(7-29-19)8-30-20-18(27)17(26)16(25)12(6-22)31-20/h7,9,11-13,15-20,22-23,25-28H,4-6,8H2,1-3H3. The molecule has 3 aliphatic rings. The lowest BCUT2D eigenvalue weighted by molar-refractivity contribution is -0.299. The summed E-state index contributed by atoms with van der Waals surface area (Å²) in [5, 5.41) is 60.6. The van der Waals surface area contributed by atoms with Crippen LogP contribution in [0, 0.1) is 17.8 Å². The molecule has 2 heterocycles. The lowest BCUT2D eigenvalue weighted by Gasteiger charge is -2.41. The van der Waals surface area contributed by atoms with Crippen molar-refractivity contribution in [2.24, 2.45) is 17.8 Å². The molecule has 2 aliphatic heterocycles. The van der Waals surface area contributed by atoms with Gasteiger partial charge in [0.15, 0.2) is 6.29 Å². The number of carbonyl (C=O) groups is 1. The van der Waals surface area contributed by atoms with E-state index in [0.717, 1.165) is 0 Å². The molecular formula is C21H34O11. The van der Waals surface area contributed by atoms with E-state index in [1.165, 1.54) is 13.2 Å². The second-order valence-electron chi connectivity index (χ2n) is 9.40. The molecule has 1 aliphatic carbocycles. The minimum atomic E-state index is -1.59. The van der Waals surface area contributed by atoms with Gasteiger partial charge in [-0.05, 0) is 24.8 Å². The minimum absolute atomic E-state index is 0.0783. The van der Waals surface area contributed by atoms with E-state index in [1.54, 1.807) is 0 Å². The Morgan fingerprint density at radius 3 is 2.50 bits per heavy atom. The number of esters is 1. The number of hydrogen-bond acceptors (Lipinski definition) is 11. The Bertz CT molecular complexity index is 691. The Kier molecular flexibility index (Phi) is 7.83. The van der Waals surface area contributed by atoms with Crippen molar-refractivity contribution in [2.45, 2.75) is 82.3 Å². The van der Waals surface area contributed by atoms with Crippen LogP contribution in [0.1, 0.15) is 33.6 Å². The van der Waals surface area contributed by atoms with Crippen LogP contribution in [0.25, 0.3) is 0 Å². The Morgan fingerprint density at radius 2 is 1.88 bits per heavy atom. The first kappa shape index (κ1) is 25.3. The zero-order valence-corrected chi connectivity index (χ0v) is 18.4. The maximum atomic E-state index is 12.2. The molecule has 0 aromatic rings. The van der Waals surface area contributed by atoms with Gasteiger partial charge >= 0.3 is 5.97 Å². The number of hydrogen-bond donors (Lipinski definition) is 6. The highest BCUT2D eigenvalue weighted by Crippen LogP contribution is 2.49. The van der Waals surface area contributed by atoms with Crippen LogP contribution in [0.5, 0.6) is 0 Å². The van der Waals surface area contributed by atoms with Gasteiger partial charge in [-0.3, -0.25) is 4.79 Å². The predicted molar refractivity (Wildman–Crippen MR) is 106 cm³/mol. The summed E-state index contributed by atoms with van der Waals surface area (Å²) in [5.74, 6) is -1.60. The molecule has 11 heteroatoms. The Labute approximate surface area is 186 Å². The Balaban J connectivity index is 1.72. The van der Waals surface area contributed by atoms with E-state index in [0.29, 0.717) is 5.57 Å². The highest BCUT2D eigenvalue weighted by atomic mass is 16.7. The fourth-order valence-electron chi connectivity index (χ4n) is 4.57. The predicted octanol–water partition coefficient (Wildman–Crippen LogP) is -1.62. The van der Waals surface area contributed by atoms with Crippen LogP contribution in [0.15, 0.2) is 11.8 Å². The minimum Gasteiger partial charge on any atom is -0.462 e. The largest absolute Gasteiger partial charge is 0.462 e. The second-order valence-corrected chi connectivity index (χ2v) is 9.40. The number of carbonyl (C=O) groups excluding carboxylic acids is 1. The molecule has 0 aromatic heterocycles. The molecule has 0 amide bonds. The summed E-state index contributed by atoms with van der Waals surface area (Å²) in [7, 11) is 0. The first-order valence-electron chi connectivity index (χ1n) is 10.8. The average Bonchev–Trinajstić information content (AvgIpc) is 2.96. The van der Waals surface area contributed by atoms with Crippen molar-refractivity contribution >= 4 is 5.97 Å². The van der Waals surface area contributed by atoms with Crippen LogP contribution in [-0.2, 0) is 23.7 Å². The molecule has 10 unspecified atom stereocenters. The molecule has 0 spiro atoms. The van der Waals surface area contributed by atoms with Crippen molar-refractivity contribution in [2.75, 3.05) is 13.2 Å². The molecule has 184 valence electrons. The molecule has 2 fully saturated rings. The fraction of sp³-hybridized carbons (Fsp3) is 0.857. The lowest BCUT2D eigenvalue weighted by Crippen LogP contribution is -2.59. The summed E-state index contributed by atoms with van der Waals surface area (Å²) in [6.07, 6.45) is -7.58. The van der Waals surface area contributed by atoms with Gasteiger partial charge in [-0.2, -0.15) is 0 Å². The van der Waals surface area contributed by atoms with Gasteiger partial charge in [-0.15, -0.1) is 0 Å². The molecule has 3 rings (SSSR count). The molecule has 32 heavy (non-hydrogen) atoms. The molecule has 0 radical (unpaired) electrons. The zero-order valence-electron chi connectivity index (χ0n) is 18.4. The number of aliphatic hydroxyl groups is 6. The number of fused-ring (bicyclic) bond motifs is 1. The molecule has 1 saturated heterocycles. The molecular weight excluding hydrogens is 428 g/mol. The van der Waals surface area contributed by atoms with Crippen LogP contribution in [0.3, 0.4) is 0 Å². The molecule has 10 atom stereocenters. The van der Waals surface area contributed by atoms with Crippen LogP contribution < -0.4 is 0 Å². The maximum absolute atomic E-state index is 12.2. The van der Waals surface area contributed by atoms with Crippen molar-refractivity contribution in [1.29, 1.82) is 0 Å². The van der Waals surface area contributed by atoms with Gasteiger partial charge in [0.05, 0.1) is 37.1 Å². The first-order valence-corrected chi connectivity index (χ1v) is 10.8. The van der Waals surface area contributed by atoms with E-state index in [9.17, 15) is 35.4 Å². The van der Waals surface area contributed by atoms with Crippen LogP contribution in [0.4, 0.5) is 0 Å². The SMILES string of the molecule is CC(C)CC(=O)OC1OC=C(COC2OC(CO)C(O)C(O)C2O)C2CC(O)C(C)(O)C12. The molecule has 0 aromatic carbocycles. The van der Waals surface area contributed by atoms with Crippen LogP contribution in [0.2, 0.25) is 0 Å². The average molecular weight is 462 g/mol. The third kappa shape index (κ3) is 4.95. The van der Waals surface area contributed by atoms with Gasteiger partial charge in [0.2, 0.25) is 6.29 Å². The maximum Gasteiger partial charge on any atom is 0.309 e. The van der Waals surface area contributed by atoms with E-state index in [2.05, 4.69) is 0 Å². The number of aliphatic hydroxyl groups excluding tert-OH is 5. The molecule has 0 bridgehead atoms. The summed E-state index contributed by atoms with van der Waals surface area (Å²) in [6.45, 7) is 4.46. The van der Waals surface area contributed by atoms with E-state index < -0.39 is 73.1 Å². The van der Waals surface area contributed by atoms with Crippen molar-refractivity contribution in [3.8, 4) is 0 Å².